The molecular weight excluding hydrogens is 435 g/mol. The van der Waals surface area contributed by atoms with Crippen molar-refractivity contribution >= 4 is 28.2 Å². The second-order valence-corrected chi connectivity index (χ2v) is 8.58. The Morgan fingerprint density at radius 1 is 1.24 bits per heavy atom. The predicted molar refractivity (Wildman–Crippen MR) is 128 cm³/mol. The van der Waals surface area contributed by atoms with Crippen molar-refractivity contribution in [2.24, 2.45) is 0 Å². The second-order valence-electron chi connectivity index (χ2n) is 8.58. The summed E-state index contributed by atoms with van der Waals surface area (Å²) in [5.74, 6) is -0.519. The van der Waals surface area contributed by atoms with E-state index in [1.54, 1.807) is 12.1 Å². The largest absolute Gasteiger partial charge is 0.496 e. The van der Waals surface area contributed by atoms with Crippen LogP contribution in [-0.2, 0) is 0 Å². The molecule has 2 fully saturated rings. The molecule has 2 saturated heterocycles. The maximum Gasteiger partial charge on any atom is 0.274 e. The summed E-state index contributed by atoms with van der Waals surface area (Å²) < 4.78 is 19.8. The molecule has 0 spiro atoms. The summed E-state index contributed by atoms with van der Waals surface area (Å²) in [6, 6.07) is 12.8. The molecule has 4 aromatic rings. The van der Waals surface area contributed by atoms with E-state index in [0.717, 1.165) is 36.1 Å². The number of aromatic nitrogens is 3. The Hall–Kier alpha value is -3.98. The van der Waals surface area contributed by atoms with Gasteiger partial charge in [-0.05, 0) is 42.8 Å². The van der Waals surface area contributed by atoms with Gasteiger partial charge in [0.05, 0.1) is 24.0 Å². The molecule has 4 heterocycles. The van der Waals surface area contributed by atoms with E-state index in [-0.39, 0.29) is 17.1 Å². The van der Waals surface area contributed by atoms with Crippen LogP contribution >= 0.6 is 0 Å². The monoisotopic (exact) mass is 458 g/mol. The third-order valence-electron chi connectivity index (χ3n) is 6.61. The zero-order chi connectivity index (χ0) is 23.2. The van der Waals surface area contributed by atoms with E-state index in [9.17, 15) is 9.18 Å². The first-order chi connectivity index (χ1) is 16.6. The first-order valence-corrected chi connectivity index (χ1v) is 11.2. The number of H-pyrrole nitrogens is 1. The number of methoxy groups -OCH3 is 1. The molecule has 3 N–H and O–H groups in total. The number of nitrogens with zero attached hydrogens (tertiary/aromatic N) is 3. The molecule has 0 aliphatic carbocycles. The number of hydrogen-bond acceptors (Lipinski definition) is 6. The zero-order valence-corrected chi connectivity index (χ0v) is 18.5. The molecule has 0 radical (unpaired) electrons. The number of hydrogen-bond donors (Lipinski definition) is 3. The average molecular weight is 458 g/mol. The van der Waals surface area contributed by atoms with Crippen molar-refractivity contribution in [1.82, 2.24) is 20.3 Å². The zero-order valence-electron chi connectivity index (χ0n) is 18.5. The molecule has 2 atom stereocenters. The average Bonchev–Trinajstić information content (AvgIpc) is 3.61. The Morgan fingerprint density at radius 2 is 2.15 bits per heavy atom. The number of carbonyl (C=O) groups is 1. The minimum Gasteiger partial charge on any atom is -0.496 e. The Labute approximate surface area is 195 Å². The molecular formula is C25H23FN6O2. The Morgan fingerprint density at radius 3 is 2.94 bits per heavy atom. The molecule has 6 rings (SSSR count). The van der Waals surface area contributed by atoms with Gasteiger partial charge in [0, 0.05) is 48.5 Å². The third kappa shape index (κ3) is 3.36. The van der Waals surface area contributed by atoms with Crippen LogP contribution in [0.3, 0.4) is 0 Å². The normalized spacial score (nSPS) is 19.1. The summed E-state index contributed by atoms with van der Waals surface area (Å²) in [7, 11) is 1.45. The summed E-state index contributed by atoms with van der Waals surface area (Å²) in [4.78, 5) is 27.4. The fourth-order valence-electron chi connectivity index (χ4n) is 5.05. The van der Waals surface area contributed by atoms with Gasteiger partial charge in [0.1, 0.15) is 17.3 Å². The number of nitrogens with one attached hydrogen (secondary N) is 3. The highest BCUT2D eigenvalue weighted by Crippen LogP contribution is 2.40. The molecule has 9 heteroatoms. The number of carbonyl (C=O) groups excluding carboxylic acids is 1. The van der Waals surface area contributed by atoms with Crippen LogP contribution in [0, 0.1) is 5.82 Å². The molecule has 2 aliphatic rings. The lowest BCUT2D eigenvalue weighted by atomic mass is 10.1. The number of anilines is 2. The van der Waals surface area contributed by atoms with E-state index in [0.29, 0.717) is 23.5 Å². The maximum atomic E-state index is 14.5. The van der Waals surface area contributed by atoms with Gasteiger partial charge in [-0.3, -0.25) is 4.79 Å². The first-order valence-electron chi connectivity index (χ1n) is 11.2. The lowest BCUT2D eigenvalue weighted by Crippen LogP contribution is -2.44. The molecule has 2 aromatic heterocycles. The highest BCUT2D eigenvalue weighted by atomic mass is 19.1. The van der Waals surface area contributed by atoms with Gasteiger partial charge in [-0.1, -0.05) is 6.07 Å². The summed E-state index contributed by atoms with van der Waals surface area (Å²) >= 11 is 0. The SMILES string of the molecule is COc1cccc(F)c1-c1nccc(C(=O)Nc2ccc3[nH]ccc3c2N2C[C@@H]3C[C@H]2CN3)n1. The van der Waals surface area contributed by atoms with Gasteiger partial charge in [-0.25, -0.2) is 14.4 Å². The molecule has 2 aliphatic heterocycles. The minimum atomic E-state index is -0.519. The molecule has 8 nitrogen and oxygen atoms in total. The standard InChI is InChI=1S/C25H23FN6O2/c1-34-21-4-2-3-17(26)22(21)24-28-10-8-20(30-24)25(33)31-19-6-5-18-16(7-9-27-18)23(19)32-13-14-11-15(32)12-29-14/h2-10,14-15,27,29H,11-13H2,1H3,(H,31,33)/t14-,15-/m0/s1. The maximum absolute atomic E-state index is 14.5. The smallest absolute Gasteiger partial charge is 0.274 e. The minimum absolute atomic E-state index is 0.0897. The highest BCUT2D eigenvalue weighted by Gasteiger charge is 2.39. The molecule has 1 amide bonds. The quantitative estimate of drug-likeness (QED) is 0.423. The van der Waals surface area contributed by atoms with Gasteiger partial charge in [-0.15, -0.1) is 0 Å². The molecule has 0 saturated carbocycles. The number of amides is 1. The summed E-state index contributed by atoms with van der Waals surface area (Å²) in [5, 5.41) is 7.62. The fourth-order valence-corrected chi connectivity index (χ4v) is 5.05. The van der Waals surface area contributed by atoms with E-state index in [4.69, 9.17) is 4.74 Å². The first kappa shape index (κ1) is 20.6. The molecule has 0 unspecified atom stereocenters. The van der Waals surface area contributed by atoms with E-state index in [2.05, 4.69) is 30.5 Å². The number of aromatic amines is 1. The van der Waals surface area contributed by atoms with Gasteiger partial charge >= 0.3 is 0 Å². The summed E-state index contributed by atoms with van der Waals surface area (Å²) in [6.07, 6.45) is 4.45. The third-order valence-corrected chi connectivity index (χ3v) is 6.61. The highest BCUT2D eigenvalue weighted by molar-refractivity contribution is 6.09. The van der Waals surface area contributed by atoms with Crippen molar-refractivity contribution < 1.29 is 13.9 Å². The number of halogens is 1. The summed E-state index contributed by atoms with van der Waals surface area (Å²) in [6.45, 7) is 1.82. The van der Waals surface area contributed by atoms with Gasteiger partial charge in [0.2, 0.25) is 0 Å². The van der Waals surface area contributed by atoms with Gasteiger partial charge < -0.3 is 25.3 Å². The van der Waals surface area contributed by atoms with Crippen molar-refractivity contribution in [3.05, 3.63) is 66.4 Å². The van der Waals surface area contributed by atoms with Crippen molar-refractivity contribution in [2.75, 3.05) is 30.4 Å². The topological polar surface area (TPSA) is 95.2 Å². The Bertz CT molecular complexity index is 1400. The molecule has 34 heavy (non-hydrogen) atoms. The number of benzene rings is 2. The molecule has 172 valence electrons. The number of rotatable bonds is 5. The van der Waals surface area contributed by atoms with Crippen LogP contribution in [0.1, 0.15) is 16.9 Å². The Kier molecular flexibility index (Phi) is 4.91. The van der Waals surface area contributed by atoms with E-state index in [1.807, 2.05) is 24.4 Å². The van der Waals surface area contributed by atoms with Crippen LogP contribution in [0.15, 0.2) is 54.9 Å². The van der Waals surface area contributed by atoms with Gasteiger partial charge in [0.25, 0.3) is 5.91 Å². The fraction of sp³-hybridized carbons (Fsp3) is 0.240. The van der Waals surface area contributed by atoms with E-state index in [1.165, 1.54) is 25.4 Å². The van der Waals surface area contributed by atoms with Crippen LogP contribution in [0.2, 0.25) is 0 Å². The van der Waals surface area contributed by atoms with Crippen LogP contribution in [0.4, 0.5) is 15.8 Å². The van der Waals surface area contributed by atoms with Crippen LogP contribution in [0.5, 0.6) is 5.75 Å². The lowest BCUT2D eigenvalue weighted by molar-refractivity contribution is 0.102. The van der Waals surface area contributed by atoms with E-state index >= 15 is 0 Å². The van der Waals surface area contributed by atoms with Crippen molar-refractivity contribution in [1.29, 1.82) is 0 Å². The van der Waals surface area contributed by atoms with E-state index < -0.39 is 11.7 Å². The van der Waals surface area contributed by atoms with Crippen molar-refractivity contribution in [3.8, 4) is 17.1 Å². The van der Waals surface area contributed by atoms with Crippen molar-refractivity contribution in [2.45, 2.75) is 18.5 Å². The lowest BCUT2D eigenvalue weighted by Gasteiger charge is -2.32. The Balaban J connectivity index is 1.36. The predicted octanol–water partition coefficient (Wildman–Crippen LogP) is 3.58. The number of ether oxygens (including phenoxy) is 1. The van der Waals surface area contributed by atoms with Crippen LogP contribution in [-0.4, -0.2) is 53.1 Å². The van der Waals surface area contributed by atoms with Crippen LogP contribution < -0.4 is 20.3 Å². The number of fused-ring (bicyclic) bond motifs is 3. The van der Waals surface area contributed by atoms with Crippen LogP contribution in [0.25, 0.3) is 22.3 Å². The molecule has 2 bridgehead atoms. The summed E-state index contributed by atoms with van der Waals surface area (Å²) in [5.41, 5.74) is 2.99. The van der Waals surface area contributed by atoms with Gasteiger partial charge in [-0.2, -0.15) is 0 Å². The number of piperazine rings is 1. The molecule has 2 aromatic carbocycles. The second kappa shape index (κ2) is 8.11. The van der Waals surface area contributed by atoms with Gasteiger partial charge in [0.15, 0.2) is 5.82 Å². The van der Waals surface area contributed by atoms with Crippen molar-refractivity contribution in [3.63, 3.8) is 0 Å².